The van der Waals surface area contributed by atoms with Gasteiger partial charge in [0.2, 0.25) is 0 Å². The van der Waals surface area contributed by atoms with Crippen LogP contribution >= 0.6 is 0 Å². The molecule has 57 heavy (non-hydrogen) atoms. The molecule has 270 valence electrons. The van der Waals surface area contributed by atoms with E-state index in [1.807, 2.05) is 0 Å². The van der Waals surface area contributed by atoms with Crippen LogP contribution in [-0.2, 0) is 5.41 Å². The predicted octanol–water partition coefficient (Wildman–Crippen LogP) is 15.5. The lowest BCUT2D eigenvalue weighted by molar-refractivity contribution is 0.660. The van der Waals surface area contributed by atoms with Gasteiger partial charge in [-0.3, -0.25) is 0 Å². The Bertz CT molecular complexity index is 3140. The average molecular weight is 730 g/mol. The molecule has 0 fully saturated rings. The number of anilines is 3. The lowest BCUT2D eigenvalue weighted by Crippen LogP contribution is -2.16. The van der Waals surface area contributed by atoms with Gasteiger partial charge in [-0.2, -0.15) is 0 Å². The van der Waals surface area contributed by atoms with E-state index in [9.17, 15) is 0 Å². The van der Waals surface area contributed by atoms with Crippen molar-refractivity contribution in [3.63, 3.8) is 0 Å². The Hall–Kier alpha value is -7.16. The van der Waals surface area contributed by atoms with Crippen molar-refractivity contribution >= 4 is 49.8 Å². The zero-order valence-electron chi connectivity index (χ0n) is 31.9. The van der Waals surface area contributed by atoms with Crippen LogP contribution in [0.3, 0.4) is 0 Å². The molecule has 2 nitrogen and oxygen atoms in total. The van der Waals surface area contributed by atoms with Crippen LogP contribution < -0.4 is 4.90 Å². The summed E-state index contributed by atoms with van der Waals surface area (Å²) >= 11 is 0. The first kappa shape index (κ1) is 33.2. The number of furan rings is 1. The smallest absolute Gasteiger partial charge is 0.159 e. The van der Waals surface area contributed by atoms with Gasteiger partial charge >= 0.3 is 0 Å². The lowest BCUT2D eigenvalue weighted by atomic mass is 9.82. The van der Waals surface area contributed by atoms with Gasteiger partial charge in [-0.1, -0.05) is 184 Å². The van der Waals surface area contributed by atoms with Crippen LogP contribution in [0.15, 0.2) is 205 Å². The van der Waals surface area contributed by atoms with Gasteiger partial charge in [0.05, 0.1) is 17.1 Å². The Morgan fingerprint density at radius 2 is 0.982 bits per heavy atom. The maximum atomic E-state index is 7.33. The second-order valence-electron chi connectivity index (χ2n) is 15.6. The minimum Gasteiger partial charge on any atom is -0.453 e. The van der Waals surface area contributed by atoms with Crippen LogP contribution in [-0.4, -0.2) is 0 Å². The summed E-state index contributed by atoms with van der Waals surface area (Å²) < 4.78 is 7.33. The molecule has 0 amide bonds. The van der Waals surface area contributed by atoms with Crippen LogP contribution in [0, 0.1) is 0 Å². The second-order valence-corrected chi connectivity index (χ2v) is 15.6. The normalized spacial score (nSPS) is 12.9. The van der Waals surface area contributed by atoms with Gasteiger partial charge < -0.3 is 9.32 Å². The third-order valence-electron chi connectivity index (χ3n) is 12.1. The fraction of sp³-hybridized carbons (Fsp3) is 0.0545. The summed E-state index contributed by atoms with van der Waals surface area (Å²) in [6, 6.07) is 72.5. The molecule has 0 saturated carbocycles. The highest BCUT2D eigenvalue weighted by Crippen LogP contribution is 2.56. The van der Waals surface area contributed by atoms with Crippen molar-refractivity contribution in [2.24, 2.45) is 0 Å². The number of fused-ring (bicyclic) bond motifs is 8. The van der Waals surface area contributed by atoms with E-state index in [-0.39, 0.29) is 5.41 Å². The number of rotatable bonds is 6. The second kappa shape index (κ2) is 13.0. The van der Waals surface area contributed by atoms with E-state index in [0.29, 0.717) is 0 Å². The summed E-state index contributed by atoms with van der Waals surface area (Å²) in [5.74, 6) is 0. The van der Waals surface area contributed by atoms with Gasteiger partial charge in [-0.15, -0.1) is 0 Å². The standard InChI is InChI=1S/C55H39NO/c1-55(2)46-28-15-14-26-42(46)52-47(55)29-17-30-49(52)56(48-33-32-39(36-18-6-3-7-19-36)34-44(48)37-20-8-4-9-21-37)50-31-16-27-43-51-41-25-13-12-24-40(41)35-45(54(51)57-53(43)50)38-22-10-5-11-23-38/h3-35H,1-2H3. The highest BCUT2D eigenvalue weighted by atomic mass is 16.3. The molecule has 1 aromatic heterocycles. The van der Waals surface area contributed by atoms with E-state index in [1.165, 1.54) is 44.2 Å². The third kappa shape index (κ3) is 5.18. The van der Waals surface area contributed by atoms with Gasteiger partial charge in [0.15, 0.2) is 5.58 Å². The van der Waals surface area contributed by atoms with Gasteiger partial charge in [-0.05, 0) is 80.0 Å². The lowest BCUT2D eigenvalue weighted by Gasteiger charge is -2.31. The van der Waals surface area contributed by atoms with Gasteiger partial charge in [0.1, 0.15) is 5.58 Å². The fourth-order valence-electron chi connectivity index (χ4n) is 9.34. The maximum absolute atomic E-state index is 7.33. The van der Waals surface area contributed by atoms with Crippen molar-refractivity contribution in [1.82, 2.24) is 0 Å². The van der Waals surface area contributed by atoms with Gasteiger partial charge in [0, 0.05) is 32.9 Å². The number of para-hydroxylation sites is 1. The van der Waals surface area contributed by atoms with Crippen LogP contribution in [0.5, 0.6) is 0 Å². The van der Waals surface area contributed by atoms with E-state index < -0.39 is 0 Å². The zero-order valence-corrected chi connectivity index (χ0v) is 31.9. The highest BCUT2D eigenvalue weighted by molar-refractivity contribution is 6.24. The Balaban J connectivity index is 1.27. The molecule has 0 bridgehead atoms. The van der Waals surface area contributed by atoms with E-state index in [0.717, 1.165) is 61.3 Å². The summed E-state index contributed by atoms with van der Waals surface area (Å²) in [5.41, 5.74) is 16.8. The molecular weight excluding hydrogens is 691 g/mol. The predicted molar refractivity (Wildman–Crippen MR) is 240 cm³/mol. The van der Waals surface area contributed by atoms with E-state index in [2.05, 4.69) is 219 Å². The molecule has 11 rings (SSSR count). The largest absolute Gasteiger partial charge is 0.453 e. The summed E-state index contributed by atoms with van der Waals surface area (Å²) in [5, 5.41) is 4.60. The minimum atomic E-state index is -0.165. The van der Waals surface area contributed by atoms with E-state index in [1.54, 1.807) is 0 Å². The highest BCUT2D eigenvalue weighted by Gasteiger charge is 2.38. The van der Waals surface area contributed by atoms with Crippen molar-refractivity contribution < 1.29 is 4.42 Å². The Morgan fingerprint density at radius 1 is 0.386 bits per heavy atom. The SMILES string of the molecule is CC1(C)c2ccccc2-c2c(N(c3ccc(-c4ccccc4)cc3-c3ccccc3)c3cccc4c3oc3c(-c5ccccc5)cc5ccccc5c34)cccc21. The third-order valence-corrected chi connectivity index (χ3v) is 12.1. The Morgan fingerprint density at radius 3 is 1.75 bits per heavy atom. The van der Waals surface area contributed by atoms with Crippen LogP contribution in [0.1, 0.15) is 25.0 Å². The molecule has 0 spiro atoms. The molecule has 0 radical (unpaired) electrons. The number of hydrogen-bond donors (Lipinski definition) is 0. The van der Waals surface area contributed by atoms with Crippen molar-refractivity contribution in [2.75, 3.05) is 4.90 Å². The molecule has 0 saturated heterocycles. The molecule has 0 N–H and O–H groups in total. The van der Waals surface area contributed by atoms with Gasteiger partial charge in [0.25, 0.3) is 0 Å². The van der Waals surface area contributed by atoms with Gasteiger partial charge in [-0.25, -0.2) is 0 Å². The van der Waals surface area contributed by atoms with Crippen molar-refractivity contribution in [1.29, 1.82) is 0 Å². The van der Waals surface area contributed by atoms with Crippen molar-refractivity contribution in [2.45, 2.75) is 19.3 Å². The van der Waals surface area contributed by atoms with E-state index in [4.69, 9.17) is 4.42 Å². The molecule has 2 heteroatoms. The molecule has 0 unspecified atom stereocenters. The molecular formula is C55H39NO. The first-order valence-electron chi connectivity index (χ1n) is 19.8. The first-order chi connectivity index (χ1) is 28.1. The zero-order chi connectivity index (χ0) is 38.1. The molecule has 10 aromatic rings. The van der Waals surface area contributed by atoms with Crippen LogP contribution in [0.2, 0.25) is 0 Å². The monoisotopic (exact) mass is 729 g/mol. The molecule has 0 aliphatic heterocycles. The van der Waals surface area contributed by atoms with Crippen LogP contribution in [0.4, 0.5) is 17.1 Å². The van der Waals surface area contributed by atoms with Crippen molar-refractivity contribution in [3.05, 3.63) is 211 Å². The summed E-state index contributed by atoms with van der Waals surface area (Å²) in [6.07, 6.45) is 0. The van der Waals surface area contributed by atoms with Crippen molar-refractivity contribution in [3.8, 4) is 44.5 Å². The van der Waals surface area contributed by atoms with Crippen LogP contribution in [0.25, 0.3) is 77.2 Å². The first-order valence-corrected chi connectivity index (χ1v) is 19.8. The average Bonchev–Trinajstić information content (AvgIpc) is 3.78. The Kier molecular flexibility index (Phi) is 7.55. The molecule has 9 aromatic carbocycles. The number of hydrogen-bond acceptors (Lipinski definition) is 2. The summed E-state index contributed by atoms with van der Waals surface area (Å²) in [6.45, 7) is 4.71. The summed E-state index contributed by atoms with van der Waals surface area (Å²) in [4.78, 5) is 2.48. The van der Waals surface area contributed by atoms with E-state index >= 15 is 0 Å². The number of nitrogens with zero attached hydrogens (tertiary/aromatic N) is 1. The molecule has 1 aliphatic rings. The molecule has 1 heterocycles. The topological polar surface area (TPSA) is 16.4 Å². The quantitative estimate of drug-likeness (QED) is 0.169. The number of benzene rings is 9. The Labute approximate surface area is 332 Å². The molecule has 1 aliphatic carbocycles. The maximum Gasteiger partial charge on any atom is 0.159 e. The fourth-order valence-corrected chi connectivity index (χ4v) is 9.34. The minimum absolute atomic E-state index is 0.165. The summed E-state index contributed by atoms with van der Waals surface area (Å²) in [7, 11) is 0. The molecule has 0 atom stereocenters.